The molecule has 6 heteroatoms. The molecule has 0 radical (unpaired) electrons. The number of carbonyl (C=O) groups excluding carboxylic acids is 1. The molecule has 3 aromatic rings. The molecule has 0 aromatic heterocycles. The van der Waals surface area contributed by atoms with Gasteiger partial charge in [0.25, 0.3) is 11.6 Å². The molecule has 4 rings (SSSR count). The molecule has 0 bridgehead atoms. The number of nitro groups is 1. The molecule has 1 aliphatic rings. The van der Waals surface area contributed by atoms with Crippen molar-refractivity contribution in [3.8, 4) is 0 Å². The molecule has 1 heterocycles. The summed E-state index contributed by atoms with van der Waals surface area (Å²) in [6.07, 6.45) is 1.18. The van der Waals surface area contributed by atoms with Crippen LogP contribution in [-0.2, 0) is 6.42 Å². The summed E-state index contributed by atoms with van der Waals surface area (Å²) < 4.78 is 0. The molecule has 30 heavy (non-hydrogen) atoms. The van der Waals surface area contributed by atoms with E-state index >= 15 is 0 Å². The number of anilines is 1. The first-order valence-corrected chi connectivity index (χ1v) is 10.0. The summed E-state index contributed by atoms with van der Waals surface area (Å²) in [7, 11) is 0. The van der Waals surface area contributed by atoms with Crippen LogP contribution in [0.1, 0.15) is 41.0 Å². The summed E-state index contributed by atoms with van der Waals surface area (Å²) in [5.74, 6) is -0.0535. The van der Waals surface area contributed by atoms with E-state index in [1.807, 2.05) is 54.3 Å². The maximum absolute atomic E-state index is 13.2. The van der Waals surface area contributed by atoms with Crippen molar-refractivity contribution in [1.82, 2.24) is 4.90 Å². The number of amides is 1. The van der Waals surface area contributed by atoms with Gasteiger partial charge < -0.3 is 10.2 Å². The Morgan fingerprint density at radius 2 is 1.67 bits per heavy atom. The lowest BCUT2D eigenvalue weighted by Gasteiger charge is -2.32. The Labute approximate surface area is 175 Å². The van der Waals surface area contributed by atoms with E-state index < -0.39 is 11.1 Å². The van der Waals surface area contributed by atoms with Crippen LogP contribution in [0.4, 0.5) is 11.4 Å². The fraction of sp³-hybridized carbons (Fsp3) is 0.208. The van der Waals surface area contributed by atoms with Gasteiger partial charge in [0.1, 0.15) is 11.9 Å². The first-order chi connectivity index (χ1) is 14.6. The first kappa shape index (κ1) is 19.6. The van der Waals surface area contributed by atoms with Crippen LogP contribution in [0, 0.1) is 10.1 Å². The smallest absolute Gasteiger partial charge is 0.292 e. The standard InChI is InChI=1S/C24H23N3O3/c1-17(15-16-18-9-3-2-4-10-18)26-23(19-11-5-6-12-20(19)24(26)28)25-21-13-7-8-14-22(21)27(29)30/h2-14,17,23,25H,15-16H2,1H3. The summed E-state index contributed by atoms with van der Waals surface area (Å²) in [6, 6.07) is 24.1. The Morgan fingerprint density at radius 1 is 1.00 bits per heavy atom. The van der Waals surface area contributed by atoms with Crippen molar-refractivity contribution in [2.24, 2.45) is 0 Å². The van der Waals surface area contributed by atoms with Crippen LogP contribution in [0.3, 0.4) is 0 Å². The Bertz CT molecular complexity index is 1070. The number of benzene rings is 3. The minimum atomic E-state index is -0.458. The zero-order chi connectivity index (χ0) is 21.1. The molecule has 1 aliphatic heterocycles. The molecular formula is C24H23N3O3. The van der Waals surface area contributed by atoms with Gasteiger partial charge in [-0.25, -0.2) is 0 Å². The van der Waals surface area contributed by atoms with Crippen LogP contribution in [0.5, 0.6) is 0 Å². The maximum Gasteiger partial charge on any atom is 0.292 e. The average Bonchev–Trinajstić information content (AvgIpc) is 3.05. The van der Waals surface area contributed by atoms with Gasteiger partial charge in [-0.1, -0.05) is 60.7 Å². The summed E-state index contributed by atoms with van der Waals surface area (Å²) in [5.41, 5.74) is 3.09. The van der Waals surface area contributed by atoms with Crippen molar-refractivity contribution in [3.63, 3.8) is 0 Å². The Morgan fingerprint density at radius 3 is 2.43 bits per heavy atom. The van der Waals surface area contributed by atoms with Crippen LogP contribution in [0.2, 0.25) is 0 Å². The second-order valence-corrected chi connectivity index (χ2v) is 7.49. The minimum absolute atomic E-state index is 0.00813. The van der Waals surface area contributed by atoms with Gasteiger partial charge in [0, 0.05) is 23.2 Å². The third kappa shape index (κ3) is 3.76. The van der Waals surface area contributed by atoms with Crippen molar-refractivity contribution in [1.29, 1.82) is 0 Å². The molecule has 1 amide bonds. The maximum atomic E-state index is 13.2. The predicted molar refractivity (Wildman–Crippen MR) is 116 cm³/mol. The Balaban J connectivity index is 1.63. The van der Waals surface area contributed by atoms with Gasteiger partial charge in [-0.15, -0.1) is 0 Å². The summed E-state index contributed by atoms with van der Waals surface area (Å²) >= 11 is 0. The van der Waals surface area contributed by atoms with Gasteiger partial charge in [0.15, 0.2) is 0 Å². The van der Waals surface area contributed by atoms with Gasteiger partial charge in [0.05, 0.1) is 4.92 Å². The second-order valence-electron chi connectivity index (χ2n) is 7.49. The molecule has 2 atom stereocenters. The molecule has 1 N–H and O–H groups in total. The molecule has 3 aromatic carbocycles. The molecule has 152 valence electrons. The van der Waals surface area contributed by atoms with E-state index in [2.05, 4.69) is 17.4 Å². The van der Waals surface area contributed by atoms with Crippen LogP contribution < -0.4 is 5.32 Å². The molecule has 6 nitrogen and oxygen atoms in total. The van der Waals surface area contributed by atoms with E-state index in [0.29, 0.717) is 11.3 Å². The van der Waals surface area contributed by atoms with Crippen LogP contribution in [0.15, 0.2) is 78.9 Å². The highest BCUT2D eigenvalue weighted by Crippen LogP contribution is 2.38. The van der Waals surface area contributed by atoms with Gasteiger partial charge in [-0.2, -0.15) is 0 Å². The predicted octanol–water partition coefficient (Wildman–Crippen LogP) is 5.18. The lowest BCUT2D eigenvalue weighted by molar-refractivity contribution is -0.384. The van der Waals surface area contributed by atoms with Crippen molar-refractivity contribution < 1.29 is 9.72 Å². The number of fused-ring (bicyclic) bond motifs is 1. The van der Waals surface area contributed by atoms with E-state index in [1.54, 1.807) is 18.2 Å². The van der Waals surface area contributed by atoms with Gasteiger partial charge >= 0.3 is 0 Å². The number of nitrogens with zero attached hydrogens (tertiary/aromatic N) is 2. The van der Waals surface area contributed by atoms with Crippen molar-refractivity contribution in [2.75, 3.05) is 5.32 Å². The minimum Gasteiger partial charge on any atom is -0.356 e. The topological polar surface area (TPSA) is 75.5 Å². The number of aryl methyl sites for hydroxylation is 1. The lowest BCUT2D eigenvalue weighted by atomic mass is 10.0. The third-order valence-corrected chi connectivity index (χ3v) is 5.56. The fourth-order valence-electron chi connectivity index (χ4n) is 4.00. The number of hydrogen-bond donors (Lipinski definition) is 1. The van der Waals surface area contributed by atoms with Crippen molar-refractivity contribution in [3.05, 3.63) is 106 Å². The van der Waals surface area contributed by atoms with Crippen molar-refractivity contribution in [2.45, 2.75) is 32.0 Å². The molecule has 0 spiro atoms. The number of carbonyl (C=O) groups is 1. The number of hydrogen-bond acceptors (Lipinski definition) is 4. The number of nitro benzene ring substituents is 1. The number of nitrogens with one attached hydrogen (secondary N) is 1. The van der Waals surface area contributed by atoms with Gasteiger partial charge in [0.2, 0.25) is 0 Å². The highest BCUT2D eigenvalue weighted by atomic mass is 16.6. The van der Waals surface area contributed by atoms with E-state index in [4.69, 9.17) is 0 Å². The molecule has 2 unspecified atom stereocenters. The second kappa shape index (κ2) is 8.37. The summed E-state index contributed by atoms with van der Waals surface area (Å²) in [5, 5.41) is 14.7. The zero-order valence-corrected chi connectivity index (χ0v) is 16.7. The molecule has 0 saturated heterocycles. The van der Waals surface area contributed by atoms with E-state index in [0.717, 1.165) is 18.4 Å². The van der Waals surface area contributed by atoms with E-state index in [9.17, 15) is 14.9 Å². The zero-order valence-electron chi connectivity index (χ0n) is 16.7. The monoisotopic (exact) mass is 401 g/mol. The van der Waals surface area contributed by atoms with Crippen LogP contribution in [0.25, 0.3) is 0 Å². The summed E-state index contributed by atoms with van der Waals surface area (Å²) in [6.45, 7) is 2.03. The van der Waals surface area contributed by atoms with Gasteiger partial charge in [-0.3, -0.25) is 14.9 Å². The molecule has 0 saturated carbocycles. The average molecular weight is 401 g/mol. The summed E-state index contributed by atoms with van der Waals surface area (Å²) in [4.78, 5) is 26.1. The SMILES string of the molecule is CC(CCc1ccccc1)N1C(=O)c2ccccc2C1Nc1ccccc1[N+](=O)[O-]. The molecular weight excluding hydrogens is 378 g/mol. The number of para-hydroxylation sites is 2. The van der Waals surface area contributed by atoms with Crippen molar-refractivity contribution >= 4 is 17.3 Å². The third-order valence-electron chi connectivity index (χ3n) is 5.56. The van der Waals surface area contributed by atoms with E-state index in [1.165, 1.54) is 11.6 Å². The molecule has 0 aliphatic carbocycles. The number of rotatable bonds is 7. The Kier molecular flexibility index (Phi) is 5.48. The first-order valence-electron chi connectivity index (χ1n) is 10.0. The van der Waals surface area contributed by atoms with Crippen LogP contribution >= 0.6 is 0 Å². The Hall–Kier alpha value is -3.67. The lowest BCUT2D eigenvalue weighted by Crippen LogP contribution is -2.39. The molecule has 0 fully saturated rings. The largest absolute Gasteiger partial charge is 0.356 e. The highest BCUT2D eigenvalue weighted by Gasteiger charge is 2.39. The van der Waals surface area contributed by atoms with Gasteiger partial charge in [-0.05, 0) is 37.5 Å². The fourth-order valence-corrected chi connectivity index (χ4v) is 4.00. The normalized spacial score (nSPS) is 16.2. The highest BCUT2D eigenvalue weighted by molar-refractivity contribution is 5.99. The van der Waals surface area contributed by atoms with E-state index in [-0.39, 0.29) is 17.6 Å². The quantitative estimate of drug-likeness (QED) is 0.437. The van der Waals surface area contributed by atoms with Crippen LogP contribution in [-0.4, -0.2) is 21.8 Å².